The van der Waals surface area contributed by atoms with E-state index >= 15 is 0 Å². The number of sulfonamides is 1. The highest BCUT2D eigenvalue weighted by Crippen LogP contribution is 2.37. The van der Waals surface area contributed by atoms with Crippen LogP contribution in [-0.4, -0.2) is 32.3 Å². The Balaban J connectivity index is 2.52. The lowest BCUT2D eigenvalue weighted by molar-refractivity contribution is -0.183. The van der Waals surface area contributed by atoms with Crippen molar-refractivity contribution in [1.29, 1.82) is 0 Å². The topological polar surface area (TPSA) is 46.2 Å². The largest absolute Gasteiger partial charge is 0.391 e. The van der Waals surface area contributed by atoms with Crippen LogP contribution in [0.2, 0.25) is 0 Å². The van der Waals surface area contributed by atoms with Crippen molar-refractivity contribution in [2.24, 2.45) is 5.92 Å². The van der Waals surface area contributed by atoms with Crippen molar-refractivity contribution in [2.75, 3.05) is 11.6 Å². The van der Waals surface area contributed by atoms with Gasteiger partial charge in [0.15, 0.2) is 0 Å². The molecule has 0 aromatic carbocycles. The van der Waals surface area contributed by atoms with Gasteiger partial charge < -0.3 is 0 Å². The van der Waals surface area contributed by atoms with E-state index in [1.165, 1.54) is 0 Å². The highest BCUT2D eigenvalue weighted by atomic mass is 35.5. The standard InChI is InChI=1S/C10H17ClF3NO2S/c11-5-2-6-18(16,17)15-9-4-1-3-8(7-9)10(12,13)14/h8-9,15H,1-7H2. The monoisotopic (exact) mass is 307 g/mol. The van der Waals surface area contributed by atoms with E-state index < -0.39 is 28.2 Å². The van der Waals surface area contributed by atoms with E-state index in [2.05, 4.69) is 4.72 Å². The van der Waals surface area contributed by atoms with E-state index in [9.17, 15) is 21.6 Å². The third-order valence-corrected chi connectivity index (χ3v) is 4.82. The van der Waals surface area contributed by atoms with Crippen molar-refractivity contribution in [3.63, 3.8) is 0 Å². The predicted octanol–water partition coefficient (Wildman–Crippen LogP) is 2.66. The summed E-state index contributed by atoms with van der Waals surface area (Å²) in [7, 11) is -3.51. The normalized spacial score (nSPS) is 26.2. The summed E-state index contributed by atoms with van der Waals surface area (Å²) >= 11 is 5.39. The minimum atomic E-state index is -4.24. The highest BCUT2D eigenvalue weighted by Gasteiger charge is 2.42. The minimum Gasteiger partial charge on any atom is -0.212 e. The van der Waals surface area contributed by atoms with Crippen LogP contribution < -0.4 is 4.72 Å². The summed E-state index contributed by atoms with van der Waals surface area (Å²) in [6, 6.07) is -0.606. The number of hydrogen-bond acceptors (Lipinski definition) is 2. The van der Waals surface area contributed by atoms with Gasteiger partial charge in [-0.15, -0.1) is 11.6 Å². The van der Waals surface area contributed by atoms with Crippen molar-refractivity contribution in [3.8, 4) is 0 Å². The van der Waals surface area contributed by atoms with E-state index in [1.54, 1.807) is 0 Å². The molecule has 3 nitrogen and oxygen atoms in total. The Morgan fingerprint density at radius 2 is 1.94 bits per heavy atom. The van der Waals surface area contributed by atoms with E-state index in [1.807, 2.05) is 0 Å². The van der Waals surface area contributed by atoms with Crippen LogP contribution in [0.15, 0.2) is 0 Å². The predicted molar refractivity (Wildman–Crippen MR) is 64.1 cm³/mol. The van der Waals surface area contributed by atoms with Crippen molar-refractivity contribution < 1.29 is 21.6 Å². The molecule has 2 atom stereocenters. The van der Waals surface area contributed by atoms with Gasteiger partial charge in [-0.05, 0) is 25.7 Å². The van der Waals surface area contributed by atoms with Gasteiger partial charge in [0.05, 0.1) is 11.7 Å². The van der Waals surface area contributed by atoms with Crippen LogP contribution in [0, 0.1) is 5.92 Å². The van der Waals surface area contributed by atoms with Crippen LogP contribution >= 0.6 is 11.6 Å². The van der Waals surface area contributed by atoms with Gasteiger partial charge in [0.2, 0.25) is 10.0 Å². The molecule has 0 aromatic rings. The van der Waals surface area contributed by atoms with Crippen LogP contribution in [-0.2, 0) is 10.0 Å². The van der Waals surface area contributed by atoms with E-state index in [0.717, 1.165) is 0 Å². The molecule has 0 bridgehead atoms. The van der Waals surface area contributed by atoms with Crippen molar-refractivity contribution >= 4 is 21.6 Å². The fourth-order valence-electron chi connectivity index (χ4n) is 2.15. The summed E-state index contributed by atoms with van der Waals surface area (Å²) in [5, 5.41) is 0. The van der Waals surface area contributed by atoms with Gasteiger partial charge in [0.25, 0.3) is 0 Å². The molecule has 0 amide bonds. The zero-order chi connectivity index (χ0) is 13.8. The number of nitrogens with one attached hydrogen (secondary N) is 1. The first-order chi connectivity index (χ1) is 8.24. The van der Waals surface area contributed by atoms with Gasteiger partial charge in [-0.25, -0.2) is 13.1 Å². The van der Waals surface area contributed by atoms with Crippen molar-refractivity contribution in [2.45, 2.75) is 44.3 Å². The van der Waals surface area contributed by atoms with Gasteiger partial charge in [0, 0.05) is 11.9 Å². The lowest BCUT2D eigenvalue weighted by Gasteiger charge is -2.30. The zero-order valence-electron chi connectivity index (χ0n) is 9.84. The quantitative estimate of drug-likeness (QED) is 0.794. The smallest absolute Gasteiger partial charge is 0.212 e. The number of hydrogen-bond donors (Lipinski definition) is 1. The molecule has 0 heterocycles. The fraction of sp³-hybridized carbons (Fsp3) is 1.00. The Bertz CT molecular complexity index is 359. The molecule has 108 valence electrons. The number of halogens is 4. The zero-order valence-corrected chi connectivity index (χ0v) is 11.4. The molecule has 1 aliphatic carbocycles. The summed E-state index contributed by atoms with van der Waals surface area (Å²) < 4.78 is 63.1. The van der Waals surface area contributed by atoms with Crippen LogP contribution in [0.25, 0.3) is 0 Å². The van der Waals surface area contributed by atoms with Crippen LogP contribution in [0.5, 0.6) is 0 Å². The molecule has 2 unspecified atom stereocenters. The summed E-state index contributed by atoms with van der Waals surface area (Å²) in [4.78, 5) is 0. The average molecular weight is 308 g/mol. The Kier molecular flexibility index (Phi) is 5.73. The second kappa shape index (κ2) is 6.43. The molecule has 1 saturated carbocycles. The molecule has 1 aliphatic rings. The molecule has 0 aromatic heterocycles. The molecule has 1 fully saturated rings. The molecule has 0 spiro atoms. The molecule has 1 N–H and O–H groups in total. The SMILES string of the molecule is O=S(=O)(CCCCl)NC1CCCC(C(F)(F)F)C1. The van der Waals surface area contributed by atoms with Crippen LogP contribution in [0.1, 0.15) is 32.1 Å². The maximum Gasteiger partial charge on any atom is 0.391 e. The first-order valence-corrected chi connectivity index (χ1v) is 8.06. The summed E-state index contributed by atoms with van der Waals surface area (Å²) in [6.45, 7) is 0. The summed E-state index contributed by atoms with van der Waals surface area (Å²) in [5.74, 6) is -1.31. The van der Waals surface area contributed by atoms with Gasteiger partial charge in [-0.1, -0.05) is 6.42 Å². The van der Waals surface area contributed by atoms with Gasteiger partial charge in [-0.3, -0.25) is 0 Å². The van der Waals surface area contributed by atoms with Crippen LogP contribution in [0.3, 0.4) is 0 Å². The maximum absolute atomic E-state index is 12.6. The Morgan fingerprint density at radius 1 is 1.28 bits per heavy atom. The van der Waals surface area contributed by atoms with Gasteiger partial charge in [-0.2, -0.15) is 13.2 Å². The fourth-order valence-corrected chi connectivity index (χ4v) is 3.81. The van der Waals surface area contributed by atoms with E-state index in [-0.39, 0.29) is 24.5 Å². The second-order valence-corrected chi connectivity index (χ2v) is 6.83. The molecule has 18 heavy (non-hydrogen) atoms. The number of alkyl halides is 4. The molecule has 8 heteroatoms. The van der Waals surface area contributed by atoms with Crippen molar-refractivity contribution in [1.82, 2.24) is 4.72 Å². The second-order valence-electron chi connectivity index (χ2n) is 4.58. The van der Waals surface area contributed by atoms with Crippen molar-refractivity contribution in [3.05, 3.63) is 0 Å². The molecule has 0 aliphatic heterocycles. The third kappa shape index (κ3) is 5.32. The molecule has 0 radical (unpaired) electrons. The molecular formula is C10H17ClF3NO2S. The lowest BCUT2D eigenvalue weighted by atomic mass is 9.86. The van der Waals surface area contributed by atoms with E-state index in [0.29, 0.717) is 19.3 Å². The molecule has 1 rings (SSSR count). The molecular weight excluding hydrogens is 291 g/mol. The average Bonchev–Trinajstić information content (AvgIpc) is 2.25. The lowest BCUT2D eigenvalue weighted by Crippen LogP contribution is -2.42. The Labute approximate surface area is 110 Å². The summed E-state index contributed by atoms with van der Waals surface area (Å²) in [5.41, 5.74) is 0. The number of rotatable bonds is 5. The Morgan fingerprint density at radius 3 is 2.50 bits per heavy atom. The minimum absolute atomic E-state index is 0.0867. The first-order valence-electron chi connectivity index (χ1n) is 5.87. The highest BCUT2D eigenvalue weighted by molar-refractivity contribution is 7.89. The third-order valence-electron chi connectivity index (χ3n) is 3.03. The molecule has 0 saturated heterocycles. The van der Waals surface area contributed by atoms with Gasteiger partial charge >= 0.3 is 6.18 Å². The van der Waals surface area contributed by atoms with E-state index in [4.69, 9.17) is 11.6 Å². The summed E-state index contributed by atoms with van der Waals surface area (Å²) in [6.07, 6.45) is -3.15. The van der Waals surface area contributed by atoms with Crippen LogP contribution in [0.4, 0.5) is 13.2 Å². The Hall–Kier alpha value is -0.0100. The maximum atomic E-state index is 12.6. The first kappa shape index (κ1) is 16.0. The van der Waals surface area contributed by atoms with Gasteiger partial charge in [0.1, 0.15) is 0 Å².